The molecule has 2 rings (SSSR count). The van der Waals surface area contributed by atoms with E-state index in [2.05, 4.69) is 5.32 Å². The van der Waals surface area contributed by atoms with E-state index in [0.29, 0.717) is 6.04 Å². The molecule has 0 aromatic heterocycles. The van der Waals surface area contributed by atoms with Gasteiger partial charge in [0.1, 0.15) is 0 Å². The molecule has 1 aliphatic carbocycles. The second-order valence-corrected chi connectivity index (χ2v) is 4.80. The number of nitrogens with two attached hydrogens (primary N) is 1. The summed E-state index contributed by atoms with van der Waals surface area (Å²) in [4.78, 5) is 11.4. The number of para-hydroxylation sites is 2. The fraction of sp³-hybridized carbons (Fsp3) is 0.500. The fourth-order valence-corrected chi connectivity index (χ4v) is 2.49. The Morgan fingerprint density at radius 2 is 1.94 bits per heavy atom. The highest BCUT2D eigenvalue weighted by molar-refractivity contribution is 5.72. The summed E-state index contributed by atoms with van der Waals surface area (Å²) < 4.78 is 4.78. The molecule has 4 nitrogen and oxygen atoms in total. The Morgan fingerprint density at radius 3 is 2.56 bits per heavy atom. The van der Waals surface area contributed by atoms with E-state index < -0.39 is 0 Å². The second-order valence-electron chi connectivity index (χ2n) is 4.80. The minimum absolute atomic E-state index is 0.0705. The third-order valence-electron chi connectivity index (χ3n) is 3.58. The molecule has 0 saturated heterocycles. The van der Waals surface area contributed by atoms with Gasteiger partial charge in [-0.1, -0.05) is 12.1 Å². The number of carbonyl (C=O) groups excluding carboxylic acids is 1. The zero-order valence-corrected chi connectivity index (χ0v) is 10.7. The first-order valence-corrected chi connectivity index (χ1v) is 6.39. The molecule has 0 unspecified atom stereocenters. The third kappa shape index (κ3) is 2.94. The number of rotatable bonds is 3. The van der Waals surface area contributed by atoms with Gasteiger partial charge in [-0.2, -0.15) is 0 Å². The molecule has 0 heterocycles. The van der Waals surface area contributed by atoms with Crippen LogP contribution in [0.1, 0.15) is 25.7 Å². The molecule has 1 fully saturated rings. The molecule has 0 aliphatic heterocycles. The Hall–Kier alpha value is -1.71. The van der Waals surface area contributed by atoms with E-state index in [1.54, 1.807) is 0 Å². The topological polar surface area (TPSA) is 64.3 Å². The van der Waals surface area contributed by atoms with Crippen molar-refractivity contribution < 1.29 is 9.53 Å². The molecule has 18 heavy (non-hydrogen) atoms. The molecule has 3 N–H and O–H groups in total. The van der Waals surface area contributed by atoms with Crippen LogP contribution in [0.15, 0.2) is 24.3 Å². The Labute approximate surface area is 108 Å². The number of ether oxygens (including phenoxy) is 1. The molecule has 1 aliphatic rings. The zero-order valence-electron chi connectivity index (χ0n) is 10.7. The largest absolute Gasteiger partial charge is 0.469 e. The number of methoxy groups -OCH3 is 1. The first kappa shape index (κ1) is 12.7. The van der Waals surface area contributed by atoms with E-state index in [4.69, 9.17) is 10.5 Å². The van der Waals surface area contributed by atoms with E-state index in [-0.39, 0.29) is 11.9 Å². The van der Waals surface area contributed by atoms with Crippen molar-refractivity contribution in [2.24, 2.45) is 5.92 Å². The average molecular weight is 248 g/mol. The van der Waals surface area contributed by atoms with Gasteiger partial charge in [-0.25, -0.2) is 0 Å². The van der Waals surface area contributed by atoms with Crippen LogP contribution in [0.2, 0.25) is 0 Å². The smallest absolute Gasteiger partial charge is 0.308 e. The normalized spacial score (nSPS) is 23.4. The molecular formula is C14H20N2O2. The van der Waals surface area contributed by atoms with Gasteiger partial charge in [0.15, 0.2) is 0 Å². The summed E-state index contributed by atoms with van der Waals surface area (Å²) in [7, 11) is 1.46. The van der Waals surface area contributed by atoms with Crippen LogP contribution in [0.5, 0.6) is 0 Å². The summed E-state index contributed by atoms with van der Waals surface area (Å²) >= 11 is 0. The first-order chi connectivity index (χ1) is 8.70. The van der Waals surface area contributed by atoms with Gasteiger partial charge in [0.25, 0.3) is 0 Å². The Balaban J connectivity index is 1.87. The van der Waals surface area contributed by atoms with Gasteiger partial charge in [-0.3, -0.25) is 4.79 Å². The van der Waals surface area contributed by atoms with Gasteiger partial charge < -0.3 is 15.8 Å². The number of nitrogen functional groups attached to an aromatic ring is 1. The van der Waals surface area contributed by atoms with Crippen LogP contribution in [0.4, 0.5) is 11.4 Å². The molecule has 98 valence electrons. The van der Waals surface area contributed by atoms with Gasteiger partial charge in [-0.05, 0) is 37.8 Å². The number of nitrogens with one attached hydrogen (secondary N) is 1. The molecule has 0 spiro atoms. The van der Waals surface area contributed by atoms with Crippen molar-refractivity contribution in [2.45, 2.75) is 31.7 Å². The molecule has 1 aromatic rings. The zero-order chi connectivity index (χ0) is 13.0. The Kier molecular flexibility index (Phi) is 4.07. The van der Waals surface area contributed by atoms with Gasteiger partial charge in [0, 0.05) is 6.04 Å². The molecule has 0 bridgehead atoms. The quantitative estimate of drug-likeness (QED) is 0.637. The summed E-state index contributed by atoms with van der Waals surface area (Å²) in [5.74, 6) is -0.00570. The van der Waals surface area contributed by atoms with E-state index in [1.807, 2.05) is 24.3 Å². The lowest BCUT2D eigenvalue weighted by molar-refractivity contribution is -0.146. The Morgan fingerprint density at radius 1 is 1.28 bits per heavy atom. The van der Waals surface area contributed by atoms with Crippen LogP contribution >= 0.6 is 0 Å². The Bertz CT molecular complexity index is 412. The van der Waals surface area contributed by atoms with Crippen LogP contribution in [0.3, 0.4) is 0 Å². The monoisotopic (exact) mass is 248 g/mol. The first-order valence-electron chi connectivity index (χ1n) is 6.39. The predicted molar refractivity (Wildman–Crippen MR) is 72.2 cm³/mol. The van der Waals surface area contributed by atoms with E-state index in [9.17, 15) is 4.79 Å². The molecule has 1 aromatic carbocycles. The lowest BCUT2D eigenvalue weighted by atomic mass is 9.86. The van der Waals surface area contributed by atoms with Crippen molar-refractivity contribution >= 4 is 17.3 Å². The summed E-state index contributed by atoms with van der Waals surface area (Å²) in [6, 6.07) is 8.17. The predicted octanol–water partition coefficient (Wildman–Crippen LogP) is 2.41. The lowest BCUT2D eigenvalue weighted by Crippen LogP contribution is -2.30. The van der Waals surface area contributed by atoms with Crippen molar-refractivity contribution in [3.8, 4) is 0 Å². The molecular weight excluding hydrogens is 228 g/mol. The summed E-state index contributed by atoms with van der Waals surface area (Å²) in [5.41, 5.74) is 7.65. The summed E-state index contributed by atoms with van der Waals surface area (Å²) in [6.07, 6.45) is 3.73. The standard InChI is InChI=1S/C14H20N2O2/c1-18-14(17)10-6-8-11(9-7-10)16-13-5-3-2-4-12(13)15/h2-5,10-11,16H,6-9,15H2,1H3. The van der Waals surface area contributed by atoms with Crippen molar-refractivity contribution in [2.75, 3.05) is 18.2 Å². The summed E-state index contributed by atoms with van der Waals surface area (Å²) in [5, 5.41) is 3.45. The van der Waals surface area contributed by atoms with Crippen molar-refractivity contribution in [1.82, 2.24) is 0 Å². The highest BCUT2D eigenvalue weighted by Crippen LogP contribution is 2.28. The fourth-order valence-electron chi connectivity index (χ4n) is 2.49. The maximum absolute atomic E-state index is 11.4. The summed E-state index contributed by atoms with van der Waals surface area (Å²) in [6.45, 7) is 0. The van der Waals surface area contributed by atoms with E-state index in [0.717, 1.165) is 37.1 Å². The number of anilines is 2. The molecule has 4 heteroatoms. The maximum atomic E-state index is 11.4. The van der Waals surface area contributed by atoms with Crippen LogP contribution < -0.4 is 11.1 Å². The minimum atomic E-state index is -0.0762. The van der Waals surface area contributed by atoms with Gasteiger partial charge in [-0.15, -0.1) is 0 Å². The van der Waals surface area contributed by atoms with Crippen molar-refractivity contribution in [3.05, 3.63) is 24.3 Å². The van der Waals surface area contributed by atoms with Crippen LogP contribution in [-0.4, -0.2) is 19.1 Å². The SMILES string of the molecule is COC(=O)C1CCC(Nc2ccccc2N)CC1. The van der Waals surface area contributed by atoms with Gasteiger partial charge in [0.2, 0.25) is 0 Å². The number of hydrogen-bond donors (Lipinski definition) is 2. The van der Waals surface area contributed by atoms with E-state index >= 15 is 0 Å². The second kappa shape index (κ2) is 5.76. The highest BCUT2D eigenvalue weighted by atomic mass is 16.5. The van der Waals surface area contributed by atoms with Crippen LogP contribution in [-0.2, 0) is 9.53 Å². The number of carbonyl (C=O) groups is 1. The van der Waals surface area contributed by atoms with Crippen LogP contribution in [0.25, 0.3) is 0 Å². The minimum Gasteiger partial charge on any atom is -0.469 e. The highest BCUT2D eigenvalue weighted by Gasteiger charge is 2.26. The van der Waals surface area contributed by atoms with Crippen molar-refractivity contribution in [3.63, 3.8) is 0 Å². The number of benzene rings is 1. The molecule has 0 radical (unpaired) electrons. The number of esters is 1. The number of hydrogen-bond acceptors (Lipinski definition) is 4. The average Bonchev–Trinajstić information content (AvgIpc) is 2.41. The van der Waals surface area contributed by atoms with E-state index in [1.165, 1.54) is 7.11 Å². The maximum Gasteiger partial charge on any atom is 0.308 e. The third-order valence-corrected chi connectivity index (χ3v) is 3.58. The van der Waals surface area contributed by atoms with Gasteiger partial charge >= 0.3 is 5.97 Å². The molecule has 0 atom stereocenters. The van der Waals surface area contributed by atoms with Crippen LogP contribution in [0, 0.1) is 5.92 Å². The van der Waals surface area contributed by atoms with Crippen molar-refractivity contribution in [1.29, 1.82) is 0 Å². The molecule has 1 saturated carbocycles. The lowest BCUT2D eigenvalue weighted by Gasteiger charge is -2.28. The molecule has 0 amide bonds. The van der Waals surface area contributed by atoms with Gasteiger partial charge in [0.05, 0.1) is 24.4 Å².